The molecule has 1 aromatic carbocycles. The molecule has 1 N–H and O–H groups in total. The number of aromatic nitrogens is 1. The van der Waals surface area contributed by atoms with Crippen molar-refractivity contribution in [2.45, 2.75) is 17.6 Å². The van der Waals surface area contributed by atoms with Crippen molar-refractivity contribution in [2.75, 3.05) is 11.6 Å². The lowest BCUT2D eigenvalue weighted by Crippen LogP contribution is -2.29. The molecule has 0 radical (unpaired) electrons. The minimum atomic E-state index is -4.73. The molecule has 0 atom stereocenters. The number of rotatable bonds is 4. The van der Waals surface area contributed by atoms with E-state index < -0.39 is 44.6 Å². The Balaban J connectivity index is 2.20. The smallest absolute Gasteiger partial charge is 0.325 e. The van der Waals surface area contributed by atoms with Gasteiger partial charge in [-0.2, -0.15) is 13.2 Å². The molecule has 2 aromatic rings. The summed E-state index contributed by atoms with van der Waals surface area (Å²) in [5.74, 6) is -0.783. The molecular weight excluding hydrogens is 397 g/mol. The summed E-state index contributed by atoms with van der Waals surface area (Å²) in [6.07, 6.45) is -3.21. The number of amides is 1. The van der Waals surface area contributed by atoms with Crippen molar-refractivity contribution in [1.82, 2.24) is 4.57 Å². The quantitative estimate of drug-likeness (QED) is 0.842. The summed E-state index contributed by atoms with van der Waals surface area (Å²) < 4.78 is 61.6. The van der Waals surface area contributed by atoms with E-state index in [4.69, 9.17) is 11.6 Å². The van der Waals surface area contributed by atoms with Gasteiger partial charge >= 0.3 is 6.18 Å². The first kappa shape index (κ1) is 20.0. The van der Waals surface area contributed by atoms with Crippen LogP contribution in [0, 0.1) is 0 Å². The molecule has 0 saturated carbocycles. The van der Waals surface area contributed by atoms with Crippen LogP contribution in [0.15, 0.2) is 46.2 Å². The van der Waals surface area contributed by atoms with E-state index in [9.17, 15) is 31.2 Å². The number of hydrogen-bond acceptors (Lipinski definition) is 4. The van der Waals surface area contributed by atoms with E-state index in [0.29, 0.717) is 16.8 Å². The van der Waals surface area contributed by atoms with Crippen LogP contribution in [-0.4, -0.2) is 25.1 Å². The van der Waals surface area contributed by atoms with Gasteiger partial charge in [0.2, 0.25) is 5.91 Å². The van der Waals surface area contributed by atoms with Gasteiger partial charge in [0.25, 0.3) is 5.56 Å². The highest BCUT2D eigenvalue weighted by Gasteiger charge is 2.32. The second-order valence-corrected chi connectivity index (χ2v) is 7.78. The van der Waals surface area contributed by atoms with Crippen molar-refractivity contribution in [2.24, 2.45) is 0 Å². The van der Waals surface area contributed by atoms with Crippen LogP contribution in [0.3, 0.4) is 0 Å². The maximum atomic E-state index is 12.8. The number of hydrogen-bond donors (Lipinski definition) is 1. The Morgan fingerprint density at radius 2 is 1.81 bits per heavy atom. The number of nitrogens with one attached hydrogen (secondary N) is 1. The van der Waals surface area contributed by atoms with Gasteiger partial charge in [0.1, 0.15) is 11.6 Å². The van der Waals surface area contributed by atoms with Crippen molar-refractivity contribution in [3.63, 3.8) is 0 Å². The average molecular weight is 409 g/mol. The Morgan fingerprint density at radius 3 is 2.31 bits per heavy atom. The zero-order chi connectivity index (χ0) is 19.7. The fourth-order valence-electron chi connectivity index (χ4n) is 2.01. The number of alkyl halides is 3. The maximum absolute atomic E-state index is 12.8. The molecule has 0 saturated heterocycles. The Hall–Kier alpha value is -2.33. The number of halogens is 4. The van der Waals surface area contributed by atoms with Crippen LogP contribution in [0.25, 0.3) is 0 Å². The molecule has 26 heavy (non-hydrogen) atoms. The van der Waals surface area contributed by atoms with Crippen molar-refractivity contribution >= 4 is 33.0 Å². The molecule has 0 unspecified atom stereocenters. The molecule has 1 heterocycles. The van der Waals surface area contributed by atoms with Crippen LogP contribution >= 0.6 is 11.6 Å². The fraction of sp³-hybridized carbons (Fsp3) is 0.200. The first-order chi connectivity index (χ1) is 11.9. The third kappa shape index (κ3) is 4.85. The molecule has 0 bridgehead atoms. The topological polar surface area (TPSA) is 85.2 Å². The van der Waals surface area contributed by atoms with Crippen LogP contribution in [-0.2, 0) is 27.4 Å². The summed E-state index contributed by atoms with van der Waals surface area (Å²) >= 11 is 5.51. The van der Waals surface area contributed by atoms with Gasteiger partial charge in [-0.25, -0.2) is 8.42 Å². The zero-order valence-corrected chi connectivity index (χ0v) is 14.7. The number of carbonyl (C=O) groups is 1. The summed E-state index contributed by atoms with van der Waals surface area (Å²) in [5.41, 5.74) is -1.89. The van der Waals surface area contributed by atoms with Gasteiger partial charge in [-0.1, -0.05) is 11.6 Å². The van der Waals surface area contributed by atoms with Gasteiger partial charge in [0.15, 0.2) is 9.84 Å². The van der Waals surface area contributed by atoms with Crippen molar-refractivity contribution < 1.29 is 26.4 Å². The largest absolute Gasteiger partial charge is 0.417 e. The first-order valence-electron chi connectivity index (χ1n) is 6.95. The molecule has 6 nitrogen and oxygen atoms in total. The van der Waals surface area contributed by atoms with E-state index in [0.717, 1.165) is 6.26 Å². The summed E-state index contributed by atoms with van der Waals surface area (Å²) in [7, 11) is -3.41. The second kappa shape index (κ2) is 7.12. The predicted molar refractivity (Wildman–Crippen MR) is 88.9 cm³/mol. The van der Waals surface area contributed by atoms with Crippen LogP contribution in [0.2, 0.25) is 5.02 Å². The SMILES string of the molecule is CS(=O)(=O)c1ccc(NC(=O)Cn2cc(C(F)(F)F)cc(Cl)c2=O)cc1. The summed E-state index contributed by atoms with van der Waals surface area (Å²) in [6.45, 7) is -0.698. The molecule has 0 spiro atoms. The van der Waals surface area contributed by atoms with Gasteiger partial charge < -0.3 is 9.88 Å². The lowest BCUT2D eigenvalue weighted by Gasteiger charge is -2.12. The van der Waals surface area contributed by atoms with Crippen molar-refractivity contribution in [3.8, 4) is 0 Å². The zero-order valence-electron chi connectivity index (χ0n) is 13.2. The van der Waals surface area contributed by atoms with Crippen LogP contribution in [0.5, 0.6) is 0 Å². The molecule has 0 fully saturated rings. The number of anilines is 1. The fourth-order valence-corrected chi connectivity index (χ4v) is 2.87. The molecule has 0 aliphatic heterocycles. The van der Waals surface area contributed by atoms with Gasteiger partial charge in [-0.3, -0.25) is 9.59 Å². The summed E-state index contributed by atoms with van der Waals surface area (Å²) in [6, 6.07) is 5.64. The minimum Gasteiger partial charge on any atom is -0.325 e. The van der Waals surface area contributed by atoms with E-state index in [1.54, 1.807) is 0 Å². The first-order valence-corrected chi connectivity index (χ1v) is 9.22. The van der Waals surface area contributed by atoms with E-state index in [2.05, 4.69) is 5.32 Å². The summed E-state index contributed by atoms with van der Waals surface area (Å²) in [4.78, 5) is 23.8. The number of carbonyl (C=O) groups excluding carboxylic acids is 1. The van der Waals surface area contributed by atoms with Crippen LogP contribution in [0.4, 0.5) is 18.9 Å². The van der Waals surface area contributed by atoms with Gasteiger partial charge in [-0.05, 0) is 30.3 Å². The van der Waals surface area contributed by atoms with E-state index in [1.165, 1.54) is 24.3 Å². The lowest BCUT2D eigenvalue weighted by molar-refractivity contribution is -0.138. The third-order valence-electron chi connectivity index (χ3n) is 3.25. The molecule has 11 heteroatoms. The number of sulfone groups is 1. The number of pyridine rings is 1. The molecule has 0 aliphatic rings. The minimum absolute atomic E-state index is 0.0383. The molecule has 140 valence electrons. The van der Waals surface area contributed by atoms with Crippen LogP contribution in [0.1, 0.15) is 5.56 Å². The molecule has 1 amide bonds. The standard InChI is InChI=1S/C15H12ClF3N2O4S/c1-26(24,25)11-4-2-10(3-5-11)20-13(22)8-21-7-9(15(17,18)19)6-12(16)14(21)23/h2-7H,8H2,1H3,(H,20,22). The number of nitrogens with zero attached hydrogens (tertiary/aromatic N) is 1. The molecule has 2 rings (SSSR count). The normalized spacial score (nSPS) is 12.0. The van der Waals surface area contributed by atoms with Gasteiger partial charge in [0.05, 0.1) is 10.5 Å². The molecule has 1 aromatic heterocycles. The molecule has 0 aliphatic carbocycles. The van der Waals surface area contributed by atoms with E-state index in [-0.39, 0.29) is 10.6 Å². The highest BCUT2D eigenvalue weighted by Crippen LogP contribution is 2.29. The Bertz CT molecular complexity index is 999. The highest BCUT2D eigenvalue weighted by molar-refractivity contribution is 7.90. The van der Waals surface area contributed by atoms with E-state index >= 15 is 0 Å². The van der Waals surface area contributed by atoms with E-state index in [1.807, 2.05) is 0 Å². The highest BCUT2D eigenvalue weighted by atomic mass is 35.5. The Kier molecular flexibility index (Phi) is 5.47. The van der Waals surface area contributed by atoms with Crippen molar-refractivity contribution in [1.29, 1.82) is 0 Å². The average Bonchev–Trinajstić information content (AvgIpc) is 2.50. The monoisotopic (exact) mass is 408 g/mol. The van der Waals surface area contributed by atoms with Crippen LogP contribution < -0.4 is 10.9 Å². The van der Waals surface area contributed by atoms with Gasteiger partial charge in [0, 0.05) is 18.1 Å². The third-order valence-corrected chi connectivity index (χ3v) is 4.65. The van der Waals surface area contributed by atoms with Gasteiger partial charge in [-0.15, -0.1) is 0 Å². The maximum Gasteiger partial charge on any atom is 0.417 e. The summed E-state index contributed by atoms with van der Waals surface area (Å²) in [5, 5.41) is 1.69. The van der Waals surface area contributed by atoms with Crippen molar-refractivity contribution in [3.05, 3.63) is 57.5 Å². The molecular formula is C15H12ClF3N2O4S. The Morgan fingerprint density at radius 1 is 1.23 bits per heavy atom. The number of benzene rings is 1. The lowest BCUT2D eigenvalue weighted by atomic mass is 10.2. The second-order valence-electron chi connectivity index (χ2n) is 5.35. The Labute approximate surface area is 151 Å². The predicted octanol–water partition coefficient (Wildman–Crippen LogP) is 2.56.